The van der Waals surface area contributed by atoms with E-state index in [1.165, 1.54) is 12.1 Å². The zero-order valence-corrected chi connectivity index (χ0v) is 15.5. The van der Waals surface area contributed by atoms with Crippen LogP contribution in [-0.2, 0) is 26.9 Å². The number of carbonyl (C=O) groups excluding carboxylic acids is 2. The van der Waals surface area contributed by atoms with E-state index < -0.39 is 41.7 Å². The first-order valence-corrected chi connectivity index (χ1v) is 8.74. The summed E-state index contributed by atoms with van der Waals surface area (Å²) >= 11 is 0. The van der Waals surface area contributed by atoms with Crippen LogP contribution in [0.1, 0.15) is 44.7 Å². The largest absolute Gasteiger partial charge is 0.444 e. The number of hydrogen-bond acceptors (Lipinski definition) is 4. The number of alkyl carbamates (subject to hydrolysis) is 1. The summed E-state index contributed by atoms with van der Waals surface area (Å²) in [6, 6.07) is 4.23. The molecule has 1 unspecified atom stereocenters. The van der Waals surface area contributed by atoms with Gasteiger partial charge < -0.3 is 19.6 Å². The van der Waals surface area contributed by atoms with Crippen LogP contribution in [0.2, 0.25) is 0 Å². The van der Waals surface area contributed by atoms with Crippen LogP contribution in [0.15, 0.2) is 24.3 Å². The Bertz CT molecular complexity index is 652. The van der Waals surface area contributed by atoms with Crippen LogP contribution in [0.5, 0.6) is 0 Å². The van der Waals surface area contributed by atoms with Crippen LogP contribution in [0, 0.1) is 0 Å². The zero-order valence-electron chi connectivity index (χ0n) is 15.5. The van der Waals surface area contributed by atoms with Crippen molar-refractivity contribution in [1.29, 1.82) is 0 Å². The lowest BCUT2D eigenvalue weighted by atomic mass is 9.98. The normalized spacial score (nSPS) is 21.6. The Morgan fingerprint density at radius 1 is 1.26 bits per heavy atom. The maximum atomic E-state index is 12.7. The van der Waals surface area contributed by atoms with Gasteiger partial charge in [-0.05, 0) is 57.7 Å². The summed E-state index contributed by atoms with van der Waals surface area (Å²) in [7, 11) is 0. The number of ether oxygens (including phenoxy) is 2. The van der Waals surface area contributed by atoms with E-state index in [0.717, 1.165) is 12.1 Å². The zero-order chi connectivity index (χ0) is 20.2. The van der Waals surface area contributed by atoms with E-state index in [0.29, 0.717) is 24.7 Å². The van der Waals surface area contributed by atoms with Crippen LogP contribution in [0.25, 0.3) is 0 Å². The number of amides is 1. The molecule has 150 valence electrons. The summed E-state index contributed by atoms with van der Waals surface area (Å²) in [6.07, 6.45) is -3.94. The Kier molecular flexibility index (Phi) is 6.51. The van der Waals surface area contributed by atoms with E-state index in [4.69, 9.17) is 9.47 Å². The summed E-state index contributed by atoms with van der Waals surface area (Å²) in [4.78, 5) is 23.1. The molecule has 8 heteroatoms. The summed E-state index contributed by atoms with van der Waals surface area (Å²) < 4.78 is 49.0. The number of hydrogen-bond donors (Lipinski definition) is 1. The Balaban J connectivity index is 2.12. The van der Waals surface area contributed by atoms with Gasteiger partial charge in [0, 0.05) is 0 Å². The number of halogens is 3. The van der Waals surface area contributed by atoms with Gasteiger partial charge >= 0.3 is 12.3 Å². The minimum atomic E-state index is -4.40. The van der Waals surface area contributed by atoms with E-state index in [-0.39, 0.29) is 6.42 Å². The highest BCUT2D eigenvalue weighted by molar-refractivity contribution is 5.68. The van der Waals surface area contributed by atoms with Gasteiger partial charge in [0.2, 0.25) is 0 Å². The smallest absolute Gasteiger partial charge is 0.416 e. The summed E-state index contributed by atoms with van der Waals surface area (Å²) in [5.74, 6) is 0. The summed E-state index contributed by atoms with van der Waals surface area (Å²) in [5, 5.41) is 2.73. The van der Waals surface area contributed by atoms with Crippen molar-refractivity contribution in [2.75, 3.05) is 0 Å². The van der Waals surface area contributed by atoms with E-state index in [2.05, 4.69) is 5.32 Å². The highest BCUT2D eigenvalue weighted by atomic mass is 19.4. The van der Waals surface area contributed by atoms with Crippen molar-refractivity contribution in [1.82, 2.24) is 5.32 Å². The van der Waals surface area contributed by atoms with Gasteiger partial charge in [-0.25, -0.2) is 4.79 Å². The molecule has 1 N–H and O–H groups in total. The predicted molar refractivity (Wildman–Crippen MR) is 92.3 cm³/mol. The van der Waals surface area contributed by atoms with Crippen LogP contribution in [0.3, 0.4) is 0 Å². The lowest BCUT2D eigenvalue weighted by Gasteiger charge is -2.27. The summed E-state index contributed by atoms with van der Waals surface area (Å²) in [6.45, 7) is 5.18. The maximum Gasteiger partial charge on any atom is 0.416 e. The van der Waals surface area contributed by atoms with Gasteiger partial charge in [0.1, 0.15) is 18.0 Å². The first-order valence-electron chi connectivity index (χ1n) is 8.74. The number of nitrogens with one attached hydrogen (secondary N) is 1. The molecule has 1 saturated heterocycles. The molecule has 2 rings (SSSR count). The molecule has 1 aromatic rings. The SMILES string of the molecule is CC(C)(C)OC(=O)N[C@H](Cc1ccc(C(F)(F)F)cc1)[C@H]1CCC(C=O)O1. The van der Waals surface area contributed by atoms with Gasteiger partial charge in [0.15, 0.2) is 0 Å². The molecule has 0 radical (unpaired) electrons. The van der Waals surface area contributed by atoms with Crippen LogP contribution in [0.4, 0.5) is 18.0 Å². The first-order chi connectivity index (χ1) is 12.5. The van der Waals surface area contributed by atoms with Crippen LogP contribution < -0.4 is 5.32 Å². The highest BCUT2D eigenvalue weighted by Gasteiger charge is 2.34. The van der Waals surface area contributed by atoms with Gasteiger partial charge in [0.05, 0.1) is 17.7 Å². The molecule has 1 fully saturated rings. The van der Waals surface area contributed by atoms with Crippen molar-refractivity contribution >= 4 is 12.4 Å². The van der Waals surface area contributed by atoms with Gasteiger partial charge in [-0.1, -0.05) is 12.1 Å². The van der Waals surface area contributed by atoms with Crippen molar-refractivity contribution in [3.63, 3.8) is 0 Å². The van der Waals surface area contributed by atoms with Crippen molar-refractivity contribution in [2.24, 2.45) is 0 Å². The lowest BCUT2D eigenvalue weighted by molar-refractivity contribution is -0.137. The number of benzene rings is 1. The third-order valence-corrected chi connectivity index (χ3v) is 4.12. The molecular formula is C19H24F3NO4. The molecule has 27 heavy (non-hydrogen) atoms. The molecule has 1 aromatic carbocycles. The first kappa shape index (κ1) is 21.2. The fourth-order valence-electron chi connectivity index (χ4n) is 2.90. The van der Waals surface area contributed by atoms with Gasteiger partial charge in [-0.15, -0.1) is 0 Å². The molecule has 0 aliphatic carbocycles. The molecular weight excluding hydrogens is 363 g/mol. The molecule has 1 aliphatic rings. The molecule has 0 aromatic heterocycles. The fraction of sp³-hybridized carbons (Fsp3) is 0.579. The van der Waals surface area contributed by atoms with E-state index >= 15 is 0 Å². The van der Waals surface area contributed by atoms with Crippen LogP contribution in [-0.4, -0.2) is 36.2 Å². The number of aldehydes is 1. The number of carbonyl (C=O) groups is 2. The van der Waals surface area contributed by atoms with Crippen LogP contribution >= 0.6 is 0 Å². The molecule has 0 bridgehead atoms. The van der Waals surface area contributed by atoms with Crippen molar-refractivity contribution < 1.29 is 32.2 Å². The van der Waals surface area contributed by atoms with Crippen molar-refractivity contribution in [3.8, 4) is 0 Å². The fourth-order valence-corrected chi connectivity index (χ4v) is 2.90. The predicted octanol–water partition coefficient (Wildman–Crippen LogP) is 3.89. The molecule has 1 amide bonds. The minimum Gasteiger partial charge on any atom is -0.444 e. The average molecular weight is 387 g/mol. The van der Waals surface area contributed by atoms with E-state index in [1.807, 2.05) is 0 Å². The van der Waals surface area contributed by atoms with Gasteiger partial charge in [-0.2, -0.15) is 13.2 Å². The van der Waals surface area contributed by atoms with Gasteiger partial charge in [0.25, 0.3) is 0 Å². The third kappa shape index (κ3) is 6.53. The minimum absolute atomic E-state index is 0.258. The highest BCUT2D eigenvalue weighted by Crippen LogP contribution is 2.30. The second-order valence-electron chi connectivity index (χ2n) is 7.58. The molecule has 0 saturated carbocycles. The topological polar surface area (TPSA) is 64.6 Å². The van der Waals surface area contributed by atoms with Gasteiger partial charge in [-0.3, -0.25) is 0 Å². The second-order valence-corrected chi connectivity index (χ2v) is 7.58. The maximum absolute atomic E-state index is 12.7. The quantitative estimate of drug-likeness (QED) is 0.779. The monoisotopic (exact) mass is 387 g/mol. The number of alkyl halides is 3. The van der Waals surface area contributed by atoms with E-state index in [9.17, 15) is 22.8 Å². The Morgan fingerprint density at radius 2 is 1.89 bits per heavy atom. The Labute approximate surface area is 156 Å². The average Bonchev–Trinajstić information content (AvgIpc) is 3.01. The third-order valence-electron chi connectivity index (χ3n) is 4.12. The lowest BCUT2D eigenvalue weighted by Crippen LogP contribution is -2.46. The molecule has 1 heterocycles. The van der Waals surface area contributed by atoms with Crippen molar-refractivity contribution in [2.45, 2.75) is 70.1 Å². The number of rotatable bonds is 5. The molecule has 5 nitrogen and oxygen atoms in total. The molecule has 1 aliphatic heterocycles. The summed E-state index contributed by atoms with van der Waals surface area (Å²) in [5.41, 5.74) is -0.812. The Hall–Kier alpha value is -2.09. The standard InChI is InChI=1S/C19H24F3NO4/c1-18(2,3)27-17(25)23-15(16-9-8-14(11-24)26-16)10-12-4-6-13(7-5-12)19(20,21)22/h4-7,11,14-16H,8-10H2,1-3H3,(H,23,25)/t14?,15-,16-/m1/s1. The Morgan fingerprint density at radius 3 is 2.37 bits per heavy atom. The van der Waals surface area contributed by atoms with E-state index in [1.54, 1.807) is 20.8 Å². The molecule has 0 spiro atoms. The van der Waals surface area contributed by atoms with Crippen molar-refractivity contribution in [3.05, 3.63) is 35.4 Å². The second kappa shape index (κ2) is 8.29. The molecule has 3 atom stereocenters.